The summed E-state index contributed by atoms with van der Waals surface area (Å²) < 4.78 is 10.9. The highest BCUT2D eigenvalue weighted by Gasteiger charge is 2.06. The fourth-order valence-corrected chi connectivity index (χ4v) is 1.85. The average Bonchev–Trinajstić information content (AvgIpc) is 2.84. The topological polar surface area (TPSA) is 54.6 Å². The second kappa shape index (κ2) is 7.33. The molecule has 0 spiro atoms. The molecule has 108 valence electrons. The summed E-state index contributed by atoms with van der Waals surface area (Å²) >= 11 is 5.78. The Labute approximate surface area is 123 Å². The molecule has 1 unspecified atom stereocenters. The number of benzene rings is 1. The number of aliphatic hydroxyl groups excluding tert-OH is 1. The third-order valence-electron chi connectivity index (χ3n) is 2.73. The van der Waals surface area contributed by atoms with Gasteiger partial charge in [-0.1, -0.05) is 11.6 Å². The van der Waals surface area contributed by atoms with E-state index in [4.69, 9.17) is 20.8 Å². The van der Waals surface area contributed by atoms with E-state index >= 15 is 0 Å². The SMILES string of the molecule is Cc1ccc(CNCC(O)COc2ccc(Cl)cc2)o1. The van der Waals surface area contributed by atoms with Gasteiger partial charge in [0, 0.05) is 11.6 Å². The summed E-state index contributed by atoms with van der Waals surface area (Å²) in [6.07, 6.45) is -0.582. The van der Waals surface area contributed by atoms with E-state index < -0.39 is 6.10 Å². The Morgan fingerprint density at radius 2 is 2.00 bits per heavy atom. The van der Waals surface area contributed by atoms with Gasteiger partial charge in [-0.05, 0) is 43.3 Å². The van der Waals surface area contributed by atoms with Crippen LogP contribution in [-0.4, -0.2) is 24.4 Å². The Morgan fingerprint density at radius 3 is 2.65 bits per heavy atom. The van der Waals surface area contributed by atoms with E-state index in [9.17, 15) is 5.11 Å². The molecule has 0 saturated carbocycles. The fraction of sp³-hybridized carbons (Fsp3) is 0.333. The van der Waals surface area contributed by atoms with Gasteiger partial charge >= 0.3 is 0 Å². The van der Waals surface area contributed by atoms with E-state index in [0.29, 0.717) is 23.9 Å². The number of aryl methyl sites for hydroxylation is 1. The lowest BCUT2D eigenvalue weighted by Gasteiger charge is -2.12. The number of furan rings is 1. The van der Waals surface area contributed by atoms with Gasteiger partial charge in [-0.25, -0.2) is 0 Å². The van der Waals surface area contributed by atoms with E-state index in [-0.39, 0.29) is 6.61 Å². The Bertz CT molecular complexity index is 524. The maximum atomic E-state index is 9.80. The quantitative estimate of drug-likeness (QED) is 0.825. The molecule has 2 rings (SSSR count). The van der Waals surface area contributed by atoms with Crippen molar-refractivity contribution in [1.29, 1.82) is 0 Å². The van der Waals surface area contributed by atoms with E-state index in [1.54, 1.807) is 24.3 Å². The molecular weight excluding hydrogens is 278 g/mol. The zero-order chi connectivity index (χ0) is 14.4. The summed E-state index contributed by atoms with van der Waals surface area (Å²) in [5.41, 5.74) is 0. The van der Waals surface area contributed by atoms with Gasteiger partial charge in [0.1, 0.15) is 30.0 Å². The van der Waals surface area contributed by atoms with Crippen LogP contribution in [-0.2, 0) is 6.54 Å². The highest BCUT2D eigenvalue weighted by Crippen LogP contribution is 2.15. The van der Waals surface area contributed by atoms with Crippen LogP contribution >= 0.6 is 11.6 Å². The van der Waals surface area contributed by atoms with Crippen molar-refractivity contribution in [3.63, 3.8) is 0 Å². The first-order valence-corrected chi connectivity index (χ1v) is 6.84. The van der Waals surface area contributed by atoms with Crippen LogP contribution in [0, 0.1) is 6.92 Å². The number of hydrogen-bond acceptors (Lipinski definition) is 4. The highest BCUT2D eigenvalue weighted by molar-refractivity contribution is 6.30. The molecule has 0 amide bonds. The second-order valence-electron chi connectivity index (χ2n) is 4.56. The van der Waals surface area contributed by atoms with E-state index in [2.05, 4.69) is 5.32 Å². The second-order valence-corrected chi connectivity index (χ2v) is 5.00. The lowest BCUT2D eigenvalue weighted by Crippen LogP contribution is -2.31. The Kier molecular flexibility index (Phi) is 5.47. The van der Waals surface area contributed by atoms with Crippen LogP contribution in [0.3, 0.4) is 0 Å². The first kappa shape index (κ1) is 14.9. The fourth-order valence-electron chi connectivity index (χ4n) is 1.72. The molecule has 0 fully saturated rings. The molecule has 2 N–H and O–H groups in total. The summed E-state index contributed by atoms with van der Waals surface area (Å²) in [4.78, 5) is 0. The van der Waals surface area contributed by atoms with Gasteiger partial charge < -0.3 is 19.6 Å². The molecule has 2 aromatic rings. The predicted octanol–water partition coefficient (Wildman–Crippen LogP) is 2.77. The number of aliphatic hydroxyl groups is 1. The van der Waals surface area contributed by atoms with E-state index in [1.165, 1.54) is 0 Å². The molecule has 0 saturated heterocycles. The molecule has 0 radical (unpaired) electrons. The summed E-state index contributed by atoms with van der Waals surface area (Å²) in [5, 5.41) is 13.6. The van der Waals surface area contributed by atoms with Crippen molar-refractivity contribution in [2.75, 3.05) is 13.2 Å². The molecule has 1 atom stereocenters. The van der Waals surface area contributed by atoms with Crippen LogP contribution in [0.4, 0.5) is 0 Å². The van der Waals surface area contributed by atoms with E-state index in [1.807, 2.05) is 19.1 Å². The van der Waals surface area contributed by atoms with Crippen LogP contribution < -0.4 is 10.1 Å². The largest absolute Gasteiger partial charge is 0.491 e. The molecule has 0 bridgehead atoms. The van der Waals surface area contributed by atoms with Gasteiger partial charge in [-0.3, -0.25) is 0 Å². The van der Waals surface area contributed by atoms with Crippen molar-refractivity contribution < 1.29 is 14.3 Å². The zero-order valence-electron chi connectivity index (χ0n) is 11.3. The maximum absolute atomic E-state index is 9.80. The molecule has 0 aliphatic rings. The molecule has 1 aromatic carbocycles. The van der Waals surface area contributed by atoms with Gasteiger partial charge in [0.15, 0.2) is 0 Å². The smallest absolute Gasteiger partial charge is 0.119 e. The van der Waals surface area contributed by atoms with Crippen LogP contribution in [0.1, 0.15) is 11.5 Å². The molecule has 0 aliphatic carbocycles. The van der Waals surface area contributed by atoms with Crippen molar-refractivity contribution in [3.8, 4) is 5.75 Å². The van der Waals surface area contributed by atoms with Crippen LogP contribution in [0.5, 0.6) is 5.75 Å². The maximum Gasteiger partial charge on any atom is 0.119 e. The van der Waals surface area contributed by atoms with Gasteiger partial charge in [0.05, 0.1) is 6.54 Å². The lowest BCUT2D eigenvalue weighted by molar-refractivity contribution is 0.105. The molecule has 1 heterocycles. The third kappa shape index (κ3) is 4.89. The van der Waals surface area contributed by atoms with Crippen molar-refractivity contribution >= 4 is 11.6 Å². The summed E-state index contributed by atoms with van der Waals surface area (Å²) in [7, 11) is 0. The van der Waals surface area contributed by atoms with Crippen LogP contribution in [0.25, 0.3) is 0 Å². The number of halogens is 1. The third-order valence-corrected chi connectivity index (χ3v) is 2.98. The molecule has 5 heteroatoms. The van der Waals surface area contributed by atoms with E-state index in [0.717, 1.165) is 11.5 Å². The summed E-state index contributed by atoms with van der Waals surface area (Å²) in [5.74, 6) is 2.43. The van der Waals surface area contributed by atoms with Crippen molar-refractivity contribution in [2.24, 2.45) is 0 Å². The molecule has 1 aromatic heterocycles. The van der Waals surface area contributed by atoms with Crippen LogP contribution in [0.15, 0.2) is 40.8 Å². The van der Waals surface area contributed by atoms with Crippen molar-refractivity contribution in [3.05, 3.63) is 52.9 Å². The van der Waals surface area contributed by atoms with Gasteiger partial charge in [0.2, 0.25) is 0 Å². The molecule has 4 nitrogen and oxygen atoms in total. The molecule has 0 aliphatic heterocycles. The Morgan fingerprint density at radius 1 is 1.25 bits per heavy atom. The van der Waals surface area contributed by atoms with Gasteiger partial charge in [-0.2, -0.15) is 0 Å². The minimum Gasteiger partial charge on any atom is -0.491 e. The van der Waals surface area contributed by atoms with Crippen molar-refractivity contribution in [2.45, 2.75) is 19.6 Å². The zero-order valence-corrected chi connectivity index (χ0v) is 12.1. The van der Waals surface area contributed by atoms with Crippen molar-refractivity contribution in [1.82, 2.24) is 5.32 Å². The molecular formula is C15H18ClNO3. The number of nitrogens with one attached hydrogen (secondary N) is 1. The Hall–Kier alpha value is -1.49. The average molecular weight is 296 g/mol. The highest BCUT2D eigenvalue weighted by atomic mass is 35.5. The standard InChI is InChI=1S/C15H18ClNO3/c1-11-2-5-15(20-11)9-17-8-13(18)10-19-14-6-3-12(16)4-7-14/h2-7,13,17-18H,8-10H2,1H3. The minimum atomic E-state index is -0.582. The van der Waals surface area contributed by atoms with Crippen LogP contribution in [0.2, 0.25) is 5.02 Å². The first-order valence-electron chi connectivity index (χ1n) is 6.46. The molecule has 20 heavy (non-hydrogen) atoms. The monoisotopic (exact) mass is 295 g/mol. The summed E-state index contributed by atoms with van der Waals surface area (Å²) in [6.45, 7) is 3.16. The predicted molar refractivity (Wildman–Crippen MR) is 78.1 cm³/mol. The number of rotatable bonds is 7. The number of ether oxygens (including phenoxy) is 1. The Balaban J connectivity index is 1.65. The van der Waals surface area contributed by atoms with Gasteiger partial charge in [0.25, 0.3) is 0 Å². The number of hydrogen-bond donors (Lipinski definition) is 2. The minimum absolute atomic E-state index is 0.228. The lowest BCUT2D eigenvalue weighted by atomic mass is 10.3. The summed E-state index contributed by atoms with van der Waals surface area (Å²) in [6, 6.07) is 10.9. The first-order chi connectivity index (χ1) is 9.63. The normalized spacial score (nSPS) is 12.3. The van der Waals surface area contributed by atoms with Gasteiger partial charge in [-0.15, -0.1) is 0 Å².